The van der Waals surface area contributed by atoms with E-state index in [0.29, 0.717) is 5.39 Å². The predicted molar refractivity (Wildman–Crippen MR) is 93.6 cm³/mol. The molecule has 0 aliphatic rings. The number of halogens is 3. The van der Waals surface area contributed by atoms with E-state index < -0.39 is 0 Å². The van der Waals surface area contributed by atoms with Crippen molar-refractivity contribution in [1.29, 1.82) is 0 Å². The molecule has 0 radical (unpaired) electrons. The van der Waals surface area contributed by atoms with Crippen LogP contribution in [0.3, 0.4) is 0 Å². The fraction of sp³-hybridized carbons (Fsp3) is 0.111. The van der Waals surface area contributed by atoms with Gasteiger partial charge in [-0.3, -0.25) is 0 Å². The molecule has 1 unspecified atom stereocenters. The van der Waals surface area contributed by atoms with Gasteiger partial charge in [-0.1, -0.05) is 79.9 Å². The van der Waals surface area contributed by atoms with Gasteiger partial charge >= 0.3 is 0 Å². The number of hydrogen-bond donors (Lipinski definition) is 0. The lowest BCUT2D eigenvalue weighted by Crippen LogP contribution is -1.97. The Morgan fingerprint density at radius 3 is 2.38 bits per heavy atom. The van der Waals surface area contributed by atoms with Crippen LogP contribution in [-0.2, 0) is 0 Å². The van der Waals surface area contributed by atoms with Crippen LogP contribution in [0.25, 0.3) is 10.8 Å². The number of benzene rings is 3. The molecule has 3 aromatic carbocycles. The highest BCUT2D eigenvalue weighted by Crippen LogP contribution is 2.39. The second kappa shape index (κ2) is 5.90. The van der Waals surface area contributed by atoms with Gasteiger partial charge in [0.1, 0.15) is 5.82 Å². The van der Waals surface area contributed by atoms with Gasteiger partial charge in [0.2, 0.25) is 0 Å². The number of alkyl halides is 1. The molecule has 0 heterocycles. The summed E-state index contributed by atoms with van der Waals surface area (Å²) in [6.07, 6.45) is 0. The van der Waals surface area contributed by atoms with Gasteiger partial charge in [0.15, 0.2) is 0 Å². The van der Waals surface area contributed by atoms with E-state index in [1.54, 1.807) is 0 Å². The average molecular weight is 408 g/mol. The van der Waals surface area contributed by atoms with E-state index >= 15 is 0 Å². The minimum absolute atomic E-state index is 0.0114. The van der Waals surface area contributed by atoms with Crippen molar-refractivity contribution in [2.45, 2.75) is 11.8 Å². The summed E-state index contributed by atoms with van der Waals surface area (Å²) in [5, 5.41) is 1.59. The summed E-state index contributed by atoms with van der Waals surface area (Å²) in [5.41, 5.74) is 3.41. The van der Waals surface area contributed by atoms with Crippen molar-refractivity contribution >= 4 is 42.6 Å². The van der Waals surface area contributed by atoms with E-state index in [9.17, 15) is 4.39 Å². The summed E-state index contributed by atoms with van der Waals surface area (Å²) in [6, 6.07) is 17.2. The van der Waals surface area contributed by atoms with Crippen molar-refractivity contribution in [3.63, 3.8) is 0 Å². The highest BCUT2D eigenvalue weighted by atomic mass is 79.9. The molecule has 0 aliphatic carbocycles. The fourth-order valence-corrected chi connectivity index (χ4v) is 4.09. The lowest BCUT2D eigenvalue weighted by atomic mass is 9.97. The Bertz CT molecular complexity index is 811. The van der Waals surface area contributed by atoms with Crippen molar-refractivity contribution in [2.75, 3.05) is 0 Å². The van der Waals surface area contributed by atoms with Gasteiger partial charge in [0.25, 0.3) is 0 Å². The topological polar surface area (TPSA) is 0 Å². The summed E-state index contributed by atoms with van der Waals surface area (Å²) >= 11 is 7.38. The summed E-state index contributed by atoms with van der Waals surface area (Å²) in [6.45, 7) is 2.07. The van der Waals surface area contributed by atoms with Crippen LogP contribution < -0.4 is 0 Å². The van der Waals surface area contributed by atoms with E-state index in [2.05, 4.69) is 50.9 Å². The molecule has 0 N–H and O–H groups in total. The Morgan fingerprint density at radius 1 is 0.905 bits per heavy atom. The van der Waals surface area contributed by atoms with E-state index in [0.717, 1.165) is 21.0 Å². The molecule has 0 aromatic heterocycles. The lowest BCUT2D eigenvalue weighted by molar-refractivity contribution is 0.639. The second-order valence-corrected chi connectivity index (χ2v) is 6.84. The molecule has 0 fully saturated rings. The van der Waals surface area contributed by atoms with Crippen LogP contribution in [0, 0.1) is 12.7 Å². The third-order valence-electron chi connectivity index (χ3n) is 3.60. The van der Waals surface area contributed by atoms with Crippen LogP contribution >= 0.6 is 31.9 Å². The number of aryl methyl sites for hydroxylation is 1. The molecule has 106 valence electrons. The van der Waals surface area contributed by atoms with Crippen molar-refractivity contribution in [1.82, 2.24) is 0 Å². The molecule has 3 heteroatoms. The molecule has 0 aliphatic heterocycles. The molecule has 3 rings (SSSR count). The van der Waals surface area contributed by atoms with Gasteiger partial charge in [-0.25, -0.2) is 4.39 Å². The van der Waals surface area contributed by atoms with Crippen molar-refractivity contribution in [3.05, 3.63) is 81.6 Å². The largest absolute Gasteiger partial charge is 0.206 e. The van der Waals surface area contributed by atoms with E-state index in [4.69, 9.17) is 0 Å². The Morgan fingerprint density at radius 2 is 1.62 bits per heavy atom. The highest BCUT2D eigenvalue weighted by molar-refractivity contribution is 9.11. The zero-order chi connectivity index (χ0) is 15.0. The average Bonchev–Trinajstić information content (AvgIpc) is 2.50. The number of hydrogen-bond acceptors (Lipinski definition) is 0. The van der Waals surface area contributed by atoms with Crippen LogP contribution in [0.1, 0.15) is 21.5 Å². The maximum atomic E-state index is 14.0. The lowest BCUT2D eigenvalue weighted by Gasteiger charge is -2.16. The van der Waals surface area contributed by atoms with Gasteiger partial charge in [-0.2, -0.15) is 0 Å². The zero-order valence-electron chi connectivity index (χ0n) is 11.4. The first kappa shape index (κ1) is 14.7. The van der Waals surface area contributed by atoms with Crippen molar-refractivity contribution in [2.24, 2.45) is 0 Å². The molecule has 0 spiro atoms. The summed E-state index contributed by atoms with van der Waals surface area (Å²) in [4.78, 5) is 0.0114. The normalized spacial score (nSPS) is 12.6. The van der Waals surface area contributed by atoms with E-state index in [1.807, 2.05) is 36.4 Å². The molecule has 3 aromatic rings. The quantitative estimate of drug-likeness (QED) is 0.423. The Kier molecular flexibility index (Phi) is 4.14. The minimum Gasteiger partial charge on any atom is -0.206 e. The second-order valence-electron chi connectivity index (χ2n) is 5.07. The summed E-state index contributed by atoms with van der Waals surface area (Å²) < 4.78 is 15.0. The van der Waals surface area contributed by atoms with Crippen molar-refractivity contribution in [3.8, 4) is 0 Å². The van der Waals surface area contributed by atoms with Crippen LogP contribution in [0.4, 0.5) is 4.39 Å². The van der Waals surface area contributed by atoms with Gasteiger partial charge in [0.05, 0.1) is 4.83 Å². The molecule has 21 heavy (non-hydrogen) atoms. The smallest absolute Gasteiger partial charge is 0.131 e. The van der Waals surface area contributed by atoms with Crippen LogP contribution in [0.15, 0.2) is 59.1 Å². The minimum atomic E-state index is -0.183. The maximum absolute atomic E-state index is 14.0. The number of rotatable bonds is 2. The SMILES string of the molecule is Cc1ccc(Br)c(C(Br)c2ccc(F)c3ccccc23)c1. The summed E-state index contributed by atoms with van der Waals surface area (Å²) in [5.74, 6) is -0.183. The van der Waals surface area contributed by atoms with Gasteiger partial charge in [0, 0.05) is 9.86 Å². The maximum Gasteiger partial charge on any atom is 0.131 e. The molecule has 0 nitrogen and oxygen atoms in total. The van der Waals surface area contributed by atoms with E-state index in [1.165, 1.54) is 11.6 Å². The molecule has 0 saturated heterocycles. The van der Waals surface area contributed by atoms with Gasteiger partial charge in [-0.05, 0) is 35.6 Å². The molecule has 1 atom stereocenters. The molecule has 0 bridgehead atoms. The zero-order valence-corrected chi connectivity index (χ0v) is 14.6. The number of fused-ring (bicyclic) bond motifs is 1. The third-order valence-corrected chi connectivity index (χ3v) is 5.31. The first-order chi connectivity index (χ1) is 10.1. The molecular weight excluding hydrogens is 395 g/mol. The Balaban J connectivity index is 2.20. The van der Waals surface area contributed by atoms with Crippen LogP contribution in [0.5, 0.6) is 0 Å². The third kappa shape index (κ3) is 2.77. The molecule has 0 amide bonds. The van der Waals surface area contributed by atoms with Crippen LogP contribution in [-0.4, -0.2) is 0 Å². The highest BCUT2D eigenvalue weighted by Gasteiger charge is 2.17. The first-order valence-electron chi connectivity index (χ1n) is 6.65. The van der Waals surface area contributed by atoms with Crippen LogP contribution in [0.2, 0.25) is 0 Å². The Hall–Kier alpha value is -1.19. The predicted octanol–water partition coefficient (Wildman–Crippen LogP) is 6.53. The fourth-order valence-electron chi connectivity index (χ4n) is 2.53. The summed E-state index contributed by atoms with van der Waals surface area (Å²) in [7, 11) is 0. The standard InChI is InChI=1S/C18H13Br2F/c1-11-6-8-16(19)15(10-11)18(20)14-7-9-17(21)13-5-3-2-4-12(13)14/h2-10,18H,1H3. The van der Waals surface area contributed by atoms with E-state index in [-0.39, 0.29) is 10.6 Å². The van der Waals surface area contributed by atoms with Gasteiger partial charge in [-0.15, -0.1) is 0 Å². The van der Waals surface area contributed by atoms with Gasteiger partial charge < -0.3 is 0 Å². The first-order valence-corrected chi connectivity index (χ1v) is 8.36. The molecular formula is C18H13Br2F. The molecule has 0 saturated carbocycles. The Labute approximate surface area is 140 Å². The monoisotopic (exact) mass is 406 g/mol. The van der Waals surface area contributed by atoms with Crippen molar-refractivity contribution < 1.29 is 4.39 Å².